The fourth-order valence-corrected chi connectivity index (χ4v) is 3.22. The highest BCUT2D eigenvalue weighted by atomic mass is 15.2. The summed E-state index contributed by atoms with van der Waals surface area (Å²) in [4.78, 5) is 12.1. The number of hydrogen-bond donors (Lipinski definition) is 2. The largest absolute Gasteiger partial charge is 0.391 e. The van der Waals surface area contributed by atoms with Gasteiger partial charge in [-0.3, -0.25) is 0 Å². The summed E-state index contributed by atoms with van der Waals surface area (Å²) >= 11 is 0. The molecule has 0 aliphatic heterocycles. The summed E-state index contributed by atoms with van der Waals surface area (Å²) in [6, 6.07) is 6.08. The molecule has 0 fully saturated rings. The highest BCUT2D eigenvalue weighted by Gasteiger charge is 2.13. The average Bonchev–Trinajstić information content (AvgIpc) is 3.26. The molecule has 4 rings (SSSR count). The second-order valence-electron chi connectivity index (χ2n) is 6.30. The maximum Gasteiger partial charge on any atom is 0.153 e. The lowest BCUT2D eigenvalue weighted by molar-refractivity contribution is 0.943. The van der Waals surface area contributed by atoms with Gasteiger partial charge in [0.1, 0.15) is 5.65 Å². The van der Waals surface area contributed by atoms with Gasteiger partial charge in [0, 0.05) is 61.0 Å². The Labute approximate surface area is 152 Å². The number of fused-ring (bicyclic) bond motifs is 2. The average molecular weight is 346 g/mol. The standard InChI is InChI=1S/C20H20N6.H2/c1-12(2)19(13(3)21-4)14-9-15-16(11-24-20(15)23-10-14)17-5-6-18-22-7-8-26(18)25-17;/h5-11,21H,1H2,2-4H3,(H,23,24);1H/b19-13+;. The van der Waals surface area contributed by atoms with Crippen LogP contribution in [0.15, 0.2) is 60.8 Å². The summed E-state index contributed by atoms with van der Waals surface area (Å²) in [7, 11) is 1.91. The Bertz CT molecular complexity index is 1170. The molecule has 0 bridgehead atoms. The van der Waals surface area contributed by atoms with E-state index in [1.807, 2.05) is 51.6 Å². The first-order valence-electron chi connectivity index (χ1n) is 8.41. The summed E-state index contributed by atoms with van der Waals surface area (Å²) in [5, 5.41) is 8.89. The molecule has 0 aromatic carbocycles. The van der Waals surface area contributed by atoms with Gasteiger partial charge in [-0.05, 0) is 37.6 Å². The molecule has 0 atom stereocenters. The van der Waals surface area contributed by atoms with Crippen molar-refractivity contribution in [2.24, 2.45) is 0 Å². The third kappa shape index (κ3) is 2.56. The van der Waals surface area contributed by atoms with Crippen LogP contribution in [0.3, 0.4) is 0 Å². The molecule has 0 amide bonds. The van der Waals surface area contributed by atoms with Crippen molar-refractivity contribution in [3.8, 4) is 11.3 Å². The minimum atomic E-state index is 0. The van der Waals surface area contributed by atoms with E-state index in [4.69, 9.17) is 0 Å². The Morgan fingerprint density at radius 2 is 2.12 bits per heavy atom. The van der Waals surface area contributed by atoms with E-state index in [1.165, 1.54) is 0 Å². The monoisotopic (exact) mass is 346 g/mol. The number of H-pyrrole nitrogens is 1. The molecule has 4 heterocycles. The third-order valence-electron chi connectivity index (χ3n) is 4.53. The molecule has 6 heteroatoms. The molecule has 0 spiro atoms. The maximum absolute atomic E-state index is 4.65. The van der Waals surface area contributed by atoms with Gasteiger partial charge >= 0.3 is 0 Å². The van der Waals surface area contributed by atoms with Crippen molar-refractivity contribution >= 4 is 22.3 Å². The molecule has 4 aromatic heterocycles. The molecule has 0 saturated heterocycles. The zero-order valence-electron chi connectivity index (χ0n) is 15.0. The molecule has 0 aliphatic carbocycles. The van der Waals surface area contributed by atoms with Gasteiger partial charge in [0.05, 0.1) is 5.69 Å². The Kier molecular flexibility index (Phi) is 3.80. The first-order chi connectivity index (χ1) is 12.6. The number of aromatic nitrogens is 5. The van der Waals surface area contributed by atoms with Crippen molar-refractivity contribution in [3.63, 3.8) is 0 Å². The molecule has 0 aliphatic rings. The van der Waals surface area contributed by atoms with Gasteiger partial charge in [0.25, 0.3) is 0 Å². The van der Waals surface area contributed by atoms with Gasteiger partial charge in [0.2, 0.25) is 0 Å². The van der Waals surface area contributed by atoms with E-state index in [0.29, 0.717) is 0 Å². The van der Waals surface area contributed by atoms with Crippen LogP contribution in [0.2, 0.25) is 0 Å². The fraction of sp³-hybridized carbons (Fsp3) is 0.150. The minimum Gasteiger partial charge on any atom is -0.391 e. The van der Waals surface area contributed by atoms with Crippen LogP contribution in [0.25, 0.3) is 33.5 Å². The van der Waals surface area contributed by atoms with Crippen molar-refractivity contribution in [1.82, 2.24) is 29.9 Å². The molecule has 0 saturated carbocycles. The lowest BCUT2D eigenvalue weighted by Crippen LogP contribution is -2.06. The normalized spacial score (nSPS) is 12.4. The van der Waals surface area contributed by atoms with Crippen molar-refractivity contribution < 1.29 is 1.43 Å². The Hall–Kier alpha value is -3.41. The van der Waals surface area contributed by atoms with Crippen molar-refractivity contribution in [2.45, 2.75) is 13.8 Å². The van der Waals surface area contributed by atoms with Crippen LogP contribution in [0.4, 0.5) is 0 Å². The van der Waals surface area contributed by atoms with E-state index in [-0.39, 0.29) is 1.43 Å². The van der Waals surface area contributed by atoms with E-state index in [1.54, 1.807) is 10.7 Å². The first-order valence-corrected chi connectivity index (χ1v) is 8.41. The number of nitrogens with zero attached hydrogens (tertiary/aromatic N) is 4. The Morgan fingerprint density at radius 3 is 2.88 bits per heavy atom. The zero-order valence-corrected chi connectivity index (χ0v) is 15.0. The van der Waals surface area contributed by atoms with Gasteiger partial charge < -0.3 is 10.3 Å². The topological polar surface area (TPSA) is 70.9 Å². The van der Waals surface area contributed by atoms with Gasteiger partial charge in [-0.25, -0.2) is 14.5 Å². The SMILES string of the molecule is C=C(C)/C(=C(/C)NC)c1cnc2[nH]cc(-c3ccc4nccn4n3)c2c1.[HH]. The smallest absolute Gasteiger partial charge is 0.153 e. The van der Waals surface area contributed by atoms with E-state index < -0.39 is 0 Å². The molecule has 0 radical (unpaired) electrons. The quantitative estimate of drug-likeness (QED) is 0.547. The predicted molar refractivity (Wildman–Crippen MR) is 107 cm³/mol. The molecule has 132 valence electrons. The lowest BCUT2D eigenvalue weighted by Gasteiger charge is -2.12. The van der Waals surface area contributed by atoms with Crippen LogP contribution in [0.1, 0.15) is 20.8 Å². The van der Waals surface area contributed by atoms with Crippen molar-refractivity contribution in [3.05, 3.63) is 66.4 Å². The molecule has 26 heavy (non-hydrogen) atoms. The summed E-state index contributed by atoms with van der Waals surface area (Å²) in [5.74, 6) is 0. The summed E-state index contributed by atoms with van der Waals surface area (Å²) in [6.07, 6.45) is 7.41. The van der Waals surface area contributed by atoms with Crippen LogP contribution < -0.4 is 5.32 Å². The van der Waals surface area contributed by atoms with Crippen LogP contribution in [0.5, 0.6) is 0 Å². The van der Waals surface area contributed by atoms with Crippen molar-refractivity contribution in [1.29, 1.82) is 0 Å². The van der Waals surface area contributed by atoms with Gasteiger partial charge in [-0.15, -0.1) is 0 Å². The number of pyridine rings is 1. The third-order valence-corrected chi connectivity index (χ3v) is 4.53. The lowest BCUT2D eigenvalue weighted by atomic mass is 9.98. The second kappa shape index (κ2) is 6.15. The number of rotatable bonds is 4. The fourth-order valence-electron chi connectivity index (χ4n) is 3.22. The summed E-state index contributed by atoms with van der Waals surface area (Å²) in [5.41, 5.74) is 7.69. The summed E-state index contributed by atoms with van der Waals surface area (Å²) in [6.45, 7) is 8.17. The van der Waals surface area contributed by atoms with Gasteiger partial charge in [0.15, 0.2) is 5.65 Å². The minimum absolute atomic E-state index is 0. The van der Waals surface area contributed by atoms with E-state index in [0.717, 1.165) is 50.3 Å². The molecular weight excluding hydrogens is 324 g/mol. The number of hydrogen-bond acceptors (Lipinski definition) is 4. The van der Waals surface area contributed by atoms with Crippen molar-refractivity contribution in [2.75, 3.05) is 7.05 Å². The molecular formula is C20H22N6. The molecule has 2 N–H and O–H groups in total. The Balaban J connectivity index is 0.00000210. The first kappa shape index (κ1) is 16.1. The van der Waals surface area contributed by atoms with E-state index >= 15 is 0 Å². The number of nitrogens with one attached hydrogen (secondary N) is 2. The van der Waals surface area contributed by atoms with E-state index in [2.05, 4.69) is 38.0 Å². The molecule has 6 nitrogen and oxygen atoms in total. The number of allylic oxidation sites excluding steroid dienone is 3. The zero-order chi connectivity index (χ0) is 18.3. The van der Waals surface area contributed by atoms with Gasteiger partial charge in [-0.2, -0.15) is 5.10 Å². The Morgan fingerprint density at radius 1 is 1.27 bits per heavy atom. The van der Waals surface area contributed by atoms with E-state index in [9.17, 15) is 0 Å². The van der Waals surface area contributed by atoms with Gasteiger partial charge in [-0.1, -0.05) is 6.58 Å². The highest BCUT2D eigenvalue weighted by Crippen LogP contribution is 2.31. The number of aromatic amines is 1. The second-order valence-corrected chi connectivity index (χ2v) is 6.30. The van der Waals surface area contributed by atoms with Crippen LogP contribution in [0, 0.1) is 0 Å². The maximum atomic E-state index is 4.65. The van der Waals surface area contributed by atoms with Crippen LogP contribution in [-0.4, -0.2) is 31.6 Å². The van der Waals surface area contributed by atoms with Crippen LogP contribution in [-0.2, 0) is 0 Å². The molecule has 4 aromatic rings. The predicted octanol–water partition coefficient (Wildman–Crippen LogP) is 4.05. The summed E-state index contributed by atoms with van der Waals surface area (Å²) < 4.78 is 1.77. The van der Waals surface area contributed by atoms with Crippen LogP contribution >= 0.6 is 0 Å². The number of imidazole rings is 1. The molecule has 0 unspecified atom stereocenters. The highest BCUT2D eigenvalue weighted by molar-refractivity contribution is 5.95.